The number of aliphatic hydroxyl groups is 1. The molecular weight excluding hydrogens is 168 g/mol. The number of hydrogen-bond donors (Lipinski definition) is 2. The lowest BCUT2D eigenvalue weighted by Gasteiger charge is -2.18. The van der Waals surface area contributed by atoms with E-state index in [1.165, 1.54) is 0 Å². The van der Waals surface area contributed by atoms with Crippen molar-refractivity contribution in [2.75, 3.05) is 6.61 Å². The Morgan fingerprint density at radius 3 is 2.15 bits per heavy atom. The van der Waals surface area contributed by atoms with E-state index in [4.69, 9.17) is 10.2 Å². The van der Waals surface area contributed by atoms with E-state index in [9.17, 15) is 4.79 Å². The number of carboxylic acids is 1. The minimum atomic E-state index is -0.727. The Morgan fingerprint density at radius 1 is 1.15 bits per heavy atom. The first-order chi connectivity index (χ1) is 6.00. The zero-order chi connectivity index (χ0) is 10.3. The predicted octanol–water partition coefficient (Wildman–Crippen LogP) is 2.04. The van der Waals surface area contributed by atoms with Gasteiger partial charge in [-0.25, -0.2) is 0 Å². The molecule has 0 unspecified atom stereocenters. The molecule has 0 aliphatic rings. The third kappa shape index (κ3) is 5.64. The van der Waals surface area contributed by atoms with Gasteiger partial charge in [0.2, 0.25) is 0 Å². The topological polar surface area (TPSA) is 57.5 Å². The largest absolute Gasteiger partial charge is 0.481 e. The summed E-state index contributed by atoms with van der Waals surface area (Å²) < 4.78 is 0. The summed E-state index contributed by atoms with van der Waals surface area (Å²) in [4.78, 5) is 10.7. The molecule has 0 aromatic carbocycles. The summed E-state index contributed by atoms with van der Waals surface area (Å²) in [5.74, 6) is -0.727. The third-order valence-electron chi connectivity index (χ3n) is 2.29. The van der Waals surface area contributed by atoms with E-state index < -0.39 is 11.4 Å². The first kappa shape index (κ1) is 12.4. The minimum absolute atomic E-state index is 0.238. The SMILES string of the molecule is CC(C)(CCCCCCO)C(=O)O. The average Bonchev–Trinajstić information content (AvgIpc) is 2.03. The Bertz CT molecular complexity index is 152. The van der Waals surface area contributed by atoms with Crippen molar-refractivity contribution in [2.45, 2.75) is 46.0 Å². The molecular formula is C10H20O3. The van der Waals surface area contributed by atoms with Crippen LogP contribution in [0.4, 0.5) is 0 Å². The summed E-state index contributed by atoms with van der Waals surface area (Å²) in [6.07, 6.45) is 4.48. The fraction of sp³-hybridized carbons (Fsp3) is 0.900. The van der Waals surface area contributed by atoms with Crippen LogP contribution in [0.25, 0.3) is 0 Å². The van der Waals surface area contributed by atoms with Crippen LogP contribution in [0.1, 0.15) is 46.0 Å². The number of unbranched alkanes of at least 4 members (excludes halogenated alkanes) is 3. The Kier molecular flexibility index (Phi) is 5.71. The van der Waals surface area contributed by atoms with E-state index in [2.05, 4.69) is 0 Å². The number of rotatable bonds is 7. The molecule has 0 saturated carbocycles. The molecule has 0 bridgehead atoms. The van der Waals surface area contributed by atoms with Gasteiger partial charge >= 0.3 is 5.97 Å². The molecule has 0 atom stereocenters. The van der Waals surface area contributed by atoms with Crippen LogP contribution in [-0.2, 0) is 4.79 Å². The molecule has 3 heteroatoms. The molecule has 0 aliphatic heterocycles. The molecule has 0 aromatic rings. The van der Waals surface area contributed by atoms with Gasteiger partial charge in [0.05, 0.1) is 5.41 Å². The van der Waals surface area contributed by atoms with Gasteiger partial charge in [0.15, 0.2) is 0 Å². The quantitative estimate of drug-likeness (QED) is 0.601. The van der Waals surface area contributed by atoms with Gasteiger partial charge in [0.25, 0.3) is 0 Å². The van der Waals surface area contributed by atoms with Crippen molar-refractivity contribution in [1.29, 1.82) is 0 Å². The van der Waals surface area contributed by atoms with E-state index in [1.54, 1.807) is 13.8 Å². The fourth-order valence-electron chi connectivity index (χ4n) is 1.14. The molecule has 0 saturated heterocycles. The molecule has 0 spiro atoms. The van der Waals surface area contributed by atoms with Crippen molar-refractivity contribution in [3.05, 3.63) is 0 Å². The highest BCUT2D eigenvalue weighted by atomic mass is 16.4. The van der Waals surface area contributed by atoms with Crippen LogP contribution in [0.3, 0.4) is 0 Å². The van der Waals surface area contributed by atoms with Crippen molar-refractivity contribution in [3.63, 3.8) is 0 Å². The normalized spacial score (nSPS) is 11.6. The molecule has 0 rings (SSSR count). The van der Waals surface area contributed by atoms with Crippen LogP contribution in [-0.4, -0.2) is 22.8 Å². The molecule has 78 valence electrons. The van der Waals surface area contributed by atoms with E-state index in [1.807, 2.05) is 0 Å². The van der Waals surface area contributed by atoms with Crippen LogP contribution >= 0.6 is 0 Å². The van der Waals surface area contributed by atoms with Crippen LogP contribution in [0.15, 0.2) is 0 Å². The molecule has 0 amide bonds. The number of carboxylic acid groups (broad SMARTS) is 1. The molecule has 0 radical (unpaired) electrons. The fourth-order valence-corrected chi connectivity index (χ4v) is 1.14. The molecule has 2 N–H and O–H groups in total. The number of aliphatic hydroxyl groups excluding tert-OH is 1. The zero-order valence-electron chi connectivity index (χ0n) is 8.55. The lowest BCUT2D eigenvalue weighted by Crippen LogP contribution is -2.23. The molecule has 0 heterocycles. The van der Waals surface area contributed by atoms with Gasteiger partial charge in [-0.05, 0) is 26.7 Å². The lowest BCUT2D eigenvalue weighted by atomic mass is 9.87. The van der Waals surface area contributed by atoms with E-state index in [0.717, 1.165) is 25.7 Å². The standard InChI is InChI=1S/C10H20O3/c1-10(2,9(12)13)7-5-3-4-6-8-11/h11H,3-8H2,1-2H3,(H,12,13). The zero-order valence-corrected chi connectivity index (χ0v) is 8.55. The predicted molar refractivity (Wildman–Crippen MR) is 51.6 cm³/mol. The van der Waals surface area contributed by atoms with Gasteiger partial charge in [0, 0.05) is 6.61 Å². The number of aliphatic carboxylic acids is 1. The van der Waals surface area contributed by atoms with Crippen LogP contribution in [0, 0.1) is 5.41 Å². The van der Waals surface area contributed by atoms with Crippen molar-refractivity contribution >= 4 is 5.97 Å². The smallest absolute Gasteiger partial charge is 0.309 e. The Balaban J connectivity index is 3.46. The van der Waals surface area contributed by atoms with Gasteiger partial charge in [-0.3, -0.25) is 4.79 Å². The highest BCUT2D eigenvalue weighted by Crippen LogP contribution is 2.23. The third-order valence-corrected chi connectivity index (χ3v) is 2.29. The van der Waals surface area contributed by atoms with Crippen LogP contribution in [0.2, 0.25) is 0 Å². The molecule has 13 heavy (non-hydrogen) atoms. The highest BCUT2D eigenvalue weighted by molar-refractivity contribution is 5.73. The van der Waals surface area contributed by atoms with Gasteiger partial charge in [-0.1, -0.05) is 19.3 Å². The van der Waals surface area contributed by atoms with Crippen molar-refractivity contribution in [3.8, 4) is 0 Å². The summed E-state index contributed by atoms with van der Waals surface area (Å²) in [6.45, 7) is 3.74. The average molecular weight is 188 g/mol. The summed E-state index contributed by atoms with van der Waals surface area (Å²) in [5.41, 5.74) is -0.598. The monoisotopic (exact) mass is 188 g/mol. The van der Waals surface area contributed by atoms with Gasteiger partial charge < -0.3 is 10.2 Å². The summed E-state index contributed by atoms with van der Waals surface area (Å²) >= 11 is 0. The first-order valence-electron chi connectivity index (χ1n) is 4.85. The highest BCUT2D eigenvalue weighted by Gasteiger charge is 2.25. The van der Waals surface area contributed by atoms with Crippen LogP contribution < -0.4 is 0 Å². The van der Waals surface area contributed by atoms with E-state index in [-0.39, 0.29) is 6.61 Å². The Labute approximate surface area is 79.8 Å². The second kappa shape index (κ2) is 5.97. The molecule has 3 nitrogen and oxygen atoms in total. The minimum Gasteiger partial charge on any atom is -0.481 e. The molecule has 0 aromatic heterocycles. The van der Waals surface area contributed by atoms with Gasteiger partial charge in [-0.15, -0.1) is 0 Å². The van der Waals surface area contributed by atoms with Crippen molar-refractivity contribution in [1.82, 2.24) is 0 Å². The van der Waals surface area contributed by atoms with Gasteiger partial charge in [-0.2, -0.15) is 0 Å². The maximum Gasteiger partial charge on any atom is 0.309 e. The maximum atomic E-state index is 10.7. The molecule has 0 fully saturated rings. The second-order valence-corrected chi connectivity index (χ2v) is 4.08. The van der Waals surface area contributed by atoms with Gasteiger partial charge in [0.1, 0.15) is 0 Å². The maximum absolute atomic E-state index is 10.7. The summed E-state index contributed by atoms with van der Waals surface area (Å²) in [5, 5.41) is 17.3. The van der Waals surface area contributed by atoms with Crippen LogP contribution in [0.5, 0.6) is 0 Å². The van der Waals surface area contributed by atoms with E-state index >= 15 is 0 Å². The summed E-state index contributed by atoms with van der Waals surface area (Å²) in [7, 11) is 0. The van der Waals surface area contributed by atoms with Crippen molar-refractivity contribution in [2.24, 2.45) is 5.41 Å². The second-order valence-electron chi connectivity index (χ2n) is 4.08. The van der Waals surface area contributed by atoms with Crippen molar-refractivity contribution < 1.29 is 15.0 Å². The Hall–Kier alpha value is -0.570. The molecule has 0 aliphatic carbocycles. The number of carbonyl (C=O) groups is 1. The Morgan fingerprint density at radius 2 is 1.69 bits per heavy atom. The first-order valence-corrected chi connectivity index (χ1v) is 4.85. The van der Waals surface area contributed by atoms with E-state index in [0.29, 0.717) is 6.42 Å². The summed E-state index contributed by atoms with van der Waals surface area (Å²) in [6, 6.07) is 0. The number of hydrogen-bond acceptors (Lipinski definition) is 2. The lowest BCUT2D eigenvalue weighted by molar-refractivity contribution is -0.147.